The number of phenolic OH excluding ortho intramolecular Hbond substituents is 2. The molecule has 4 saturated heterocycles. The molecule has 4 fully saturated rings. The molecule has 2 aromatic carbocycles. The Labute approximate surface area is 360 Å². The van der Waals surface area contributed by atoms with Gasteiger partial charge in [-0.1, -0.05) is 0 Å². The molecule has 4 aliphatic rings. The number of aliphatic hydroxyl groups excluding tert-OH is 13. The predicted octanol–water partition coefficient (Wildman–Crippen LogP) is -6.10. The van der Waals surface area contributed by atoms with Gasteiger partial charge in [-0.3, -0.25) is 4.79 Å². The molecule has 0 aliphatic carbocycles. The van der Waals surface area contributed by atoms with E-state index in [1.807, 2.05) is 0 Å². The molecule has 1 aromatic heterocycles. The summed E-state index contributed by atoms with van der Waals surface area (Å²) in [5.41, 5.74) is -1.47. The lowest BCUT2D eigenvalue weighted by Crippen LogP contribution is -2.67. The van der Waals surface area contributed by atoms with Crippen molar-refractivity contribution in [1.82, 2.24) is 0 Å². The van der Waals surface area contributed by atoms with Crippen LogP contribution >= 0.6 is 0 Å². The van der Waals surface area contributed by atoms with Gasteiger partial charge in [0.05, 0.1) is 25.9 Å². The Bertz CT molecular complexity index is 2100. The Balaban J connectivity index is 1.27. The topological polar surface area (TPSA) is 408 Å². The molecule has 5 heterocycles. The van der Waals surface area contributed by atoms with Crippen molar-refractivity contribution in [2.24, 2.45) is 0 Å². The average molecular weight is 919 g/mol. The zero-order chi connectivity index (χ0) is 46.5. The van der Waals surface area contributed by atoms with Crippen molar-refractivity contribution in [3.8, 4) is 34.3 Å². The van der Waals surface area contributed by atoms with Crippen molar-refractivity contribution in [3.63, 3.8) is 0 Å². The van der Waals surface area contributed by atoms with E-state index in [4.69, 9.17) is 42.3 Å². The maximum absolute atomic E-state index is 14.5. The first kappa shape index (κ1) is 48.0. The minimum Gasteiger partial charge on any atom is -0.508 e. The van der Waals surface area contributed by atoms with Crippen LogP contribution in [0.4, 0.5) is 0 Å². The summed E-state index contributed by atoms with van der Waals surface area (Å²) in [6, 6.07) is 7.04. The molecular weight excluding hydrogens is 868 g/mol. The van der Waals surface area contributed by atoms with Gasteiger partial charge in [0.1, 0.15) is 114 Å². The summed E-state index contributed by atoms with van der Waals surface area (Å²) >= 11 is 0. The zero-order valence-corrected chi connectivity index (χ0v) is 33.4. The van der Waals surface area contributed by atoms with Gasteiger partial charge < -0.3 is 119 Å². The first-order chi connectivity index (χ1) is 30.4. The fourth-order valence-corrected chi connectivity index (χ4v) is 7.69. The van der Waals surface area contributed by atoms with E-state index in [2.05, 4.69) is 0 Å². The average Bonchev–Trinajstić information content (AvgIpc) is 3.27. The van der Waals surface area contributed by atoms with Crippen LogP contribution < -0.4 is 14.9 Å². The molecule has 0 amide bonds. The molecule has 0 spiro atoms. The highest BCUT2D eigenvalue weighted by atomic mass is 16.8. The van der Waals surface area contributed by atoms with Crippen molar-refractivity contribution in [1.29, 1.82) is 0 Å². The molecule has 64 heavy (non-hydrogen) atoms. The standard InChI is InChI=1S/C39H50O25/c1-11-21(45)26(50)30(54)36(56-11)57-14-6-15(44)20-16(7-14)58-32(12-2-4-13(43)5-3-12)33(25(20)49)62-38-35(29(53)24(48)18(9-41)60-38)64-39-34(28(52)23(47)19(10-42)61-39)63-37-31(55)27(51)22(46)17(8-40)59-37/h2-7,11,17-19,21-24,26-31,34-48,50-55H,8-10H2,1H3/t11-,17+,18+,19+,21-,22+,23+,24+,26+,27-,28-,29-,30+,31+,34+,35+,36-,37-,38-,39-/m0/s1. The number of aliphatic hydroxyl groups is 13. The number of ether oxygens (including phenoxy) is 8. The zero-order valence-electron chi connectivity index (χ0n) is 33.4. The highest BCUT2D eigenvalue weighted by Gasteiger charge is 2.55. The van der Waals surface area contributed by atoms with E-state index in [1.165, 1.54) is 31.2 Å². The smallest absolute Gasteiger partial charge is 0.239 e. The molecule has 4 aliphatic heterocycles. The van der Waals surface area contributed by atoms with Gasteiger partial charge in [-0.05, 0) is 31.2 Å². The quantitative estimate of drug-likeness (QED) is 0.0804. The molecule has 15 N–H and O–H groups in total. The lowest BCUT2D eigenvalue weighted by molar-refractivity contribution is -0.389. The molecule has 20 atom stereocenters. The Morgan fingerprint density at radius 3 is 1.64 bits per heavy atom. The molecule has 356 valence electrons. The first-order valence-corrected chi connectivity index (χ1v) is 19.9. The van der Waals surface area contributed by atoms with Crippen LogP contribution in [0.25, 0.3) is 22.3 Å². The highest BCUT2D eigenvalue weighted by Crippen LogP contribution is 2.40. The van der Waals surface area contributed by atoms with Crippen LogP contribution in [0.15, 0.2) is 45.6 Å². The number of hydrogen-bond acceptors (Lipinski definition) is 25. The van der Waals surface area contributed by atoms with Crippen LogP contribution in [0.2, 0.25) is 0 Å². The second-order valence-electron chi connectivity index (χ2n) is 15.7. The predicted molar refractivity (Wildman–Crippen MR) is 204 cm³/mol. The Morgan fingerprint density at radius 2 is 1.05 bits per heavy atom. The third-order valence-electron chi connectivity index (χ3n) is 11.4. The van der Waals surface area contributed by atoms with Crippen molar-refractivity contribution < 1.29 is 119 Å². The van der Waals surface area contributed by atoms with Gasteiger partial charge in [0, 0.05) is 17.7 Å². The maximum atomic E-state index is 14.5. The lowest BCUT2D eigenvalue weighted by Gasteiger charge is -2.48. The van der Waals surface area contributed by atoms with Gasteiger partial charge in [0.2, 0.25) is 23.8 Å². The van der Waals surface area contributed by atoms with Crippen molar-refractivity contribution in [2.45, 2.75) is 130 Å². The number of rotatable bonds is 12. The molecule has 3 aromatic rings. The second kappa shape index (κ2) is 19.5. The second-order valence-corrected chi connectivity index (χ2v) is 15.7. The highest BCUT2D eigenvalue weighted by molar-refractivity contribution is 5.88. The van der Waals surface area contributed by atoms with Crippen LogP contribution in [-0.2, 0) is 28.4 Å². The number of phenols is 2. The summed E-state index contributed by atoms with van der Waals surface area (Å²) < 4.78 is 51.9. The summed E-state index contributed by atoms with van der Waals surface area (Å²) in [7, 11) is 0. The monoisotopic (exact) mass is 918 g/mol. The first-order valence-electron chi connectivity index (χ1n) is 19.9. The van der Waals surface area contributed by atoms with Crippen LogP contribution in [0, 0.1) is 0 Å². The van der Waals surface area contributed by atoms with Crippen molar-refractivity contribution >= 4 is 11.0 Å². The van der Waals surface area contributed by atoms with E-state index in [-0.39, 0.29) is 22.6 Å². The summed E-state index contributed by atoms with van der Waals surface area (Å²) in [4.78, 5) is 14.5. The minimum absolute atomic E-state index is 0.0358. The minimum atomic E-state index is -2.14. The normalized spacial score (nSPS) is 40.6. The van der Waals surface area contributed by atoms with Crippen molar-refractivity contribution in [2.75, 3.05) is 19.8 Å². The van der Waals surface area contributed by atoms with Crippen LogP contribution in [0.3, 0.4) is 0 Å². The summed E-state index contributed by atoms with van der Waals surface area (Å²) in [6.07, 6.45) is -36.4. The largest absolute Gasteiger partial charge is 0.508 e. The van der Waals surface area contributed by atoms with Gasteiger partial charge in [-0.25, -0.2) is 0 Å². The SMILES string of the molecule is C[C@@H]1O[C@@H](Oc2cc(O)c3c(=O)c(O[C@@H]4O[C@H](CO)[C@@H](O)[C@H](O)[C@H]4O[C@@H]4O[C@H](CO)[C@@H](O)[C@H](O)[C@H]4O[C@@H]4O[C@H](CO)[C@@H](O)[C@H](O)[C@H]4O)c(-c4ccc(O)cc4)oc3c2)[C@H](O)[C@H](O)[C@H]1O. The van der Waals surface area contributed by atoms with Gasteiger partial charge in [-0.2, -0.15) is 0 Å². The van der Waals surface area contributed by atoms with E-state index < -0.39 is 171 Å². The van der Waals surface area contributed by atoms with Crippen LogP contribution in [0.1, 0.15) is 6.92 Å². The molecule has 25 heteroatoms. The Morgan fingerprint density at radius 1 is 0.547 bits per heavy atom. The number of aromatic hydroxyl groups is 2. The van der Waals surface area contributed by atoms with Gasteiger partial charge >= 0.3 is 0 Å². The lowest BCUT2D eigenvalue weighted by atomic mass is 9.96. The Kier molecular flexibility index (Phi) is 14.6. The number of hydrogen-bond donors (Lipinski definition) is 15. The van der Waals surface area contributed by atoms with Gasteiger partial charge in [-0.15, -0.1) is 0 Å². The van der Waals surface area contributed by atoms with Crippen LogP contribution in [-0.4, -0.2) is 219 Å². The Hall–Kier alpha value is -3.91. The molecule has 25 nitrogen and oxygen atoms in total. The van der Waals surface area contributed by atoms with Gasteiger partial charge in [0.15, 0.2) is 24.4 Å². The number of fused-ring (bicyclic) bond motifs is 1. The van der Waals surface area contributed by atoms with E-state index in [9.17, 15) is 81.4 Å². The fourth-order valence-electron chi connectivity index (χ4n) is 7.69. The maximum Gasteiger partial charge on any atom is 0.239 e. The molecular formula is C39H50O25. The molecule has 0 unspecified atom stereocenters. The summed E-state index contributed by atoms with van der Waals surface area (Å²) in [5.74, 6) is -2.49. The van der Waals surface area contributed by atoms with Gasteiger partial charge in [0.25, 0.3) is 0 Å². The molecule has 7 rings (SSSR count). The molecule has 0 radical (unpaired) electrons. The summed E-state index contributed by atoms with van der Waals surface area (Å²) in [6.45, 7) is -1.38. The summed E-state index contributed by atoms with van der Waals surface area (Å²) in [5, 5.41) is 157. The fraction of sp³-hybridized carbons (Fsp3) is 0.615. The third kappa shape index (κ3) is 9.12. The number of benzene rings is 2. The molecule has 0 bridgehead atoms. The van der Waals surface area contributed by atoms with E-state index in [1.54, 1.807) is 0 Å². The van der Waals surface area contributed by atoms with E-state index in [0.717, 1.165) is 12.1 Å². The van der Waals surface area contributed by atoms with E-state index in [0.29, 0.717) is 0 Å². The molecule has 0 saturated carbocycles. The van der Waals surface area contributed by atoms with E-state index >= 15 is 0 Å². The third-order valence-corrected chi connectivity index (χ3v) is 11.4. The van der Waals surface area contributed by atoms with Crippen molar-refractivity contribution in [3.05, 3.63) is 46.6 Å². The van der Waals surface area contributed by atoms with Crippen LogP contribution in [0.5, 0.6) is 23.0 Å².